The third-order valence-corrected chi connectivity index (χ3v) is 3.36. The second kappa shape index (κ2) is 9.32. The molecule has 6 nitrogen and oxygen atoms in total. The molecular formula is C14H22ClNO5. The van der Waals surface area contributed by atoms with Crippen LogP contribution < -0.4 is 5.32 Å². The smallest absolute Gasteiger partial charge is 0.0898 e. The topological polar surface area (TPSA) is 102 Å². The number of aliphatic hydroxyl groups is 4. The second-order valence-corrected chi connectivity index (χ2v) is 5.37. The lowest BCUT2D eigenvalue weighted by Gasteiger charge is -2.29. The van der Waals surface area contributed by atoms with Gasteiger partial charge in [0.25, 0.3) is 0 Å². The first-order valence-electron chi connectivity index (χ1n) is 6.63. The largest absolute Gasteiger partial charge is 0.394 e. The van der Waals surface area contributed by atoms with Crippen molar-refractivity contribution >= 4 is 11.6 Å². The molecule has 0 saturated heterocycles. The second-order valence-electron chi connectivity index (χ2n) is 4.93. The molecule has 1 aromatic carbocycles. The van der Waals surface area contributed by atoms with Crippen LogP contribution in [-0.4, -0.2) is 65.0 Å². The van der Waals surface area contributed by atoms with Crippen LogP contribution >= 0.6 is 11.6 Å². The summed E-state index contributed by atoms with van der Waals surface area (Å²) in [6, 6.07) is 7.19. The fourth-order valence-corrected chi connectivity index (χ4v) is 1.73. The van der Waals surface area contributed by atoms with Crippen LogP contribution in [0.2, 0.25) is 5.02 Å². The van der Waals surface area contributed by atoms with Crippen molar-refractivity contribution in [3.63, 3.8) is 0 Å². The van der Waals surface area contributed by atoms with Crippen molar-refractivity contribution in [2.24, 2.45) is 0 Å². The van der Waals surface area contributed by atoms with Crippen molar-refractivity contribution < 1.29 is 25.2 Å². The maximum absolute atomic E-state index is 9.77. The summed E-state index contributed by atoms with van der Waals surface area (Å²) in [6.45, 7) is -0.773. The number of ether oxygens (including phenoxy) is 1. The lowest BCUT2D eigenvalue weighted by Crippen LogP contribution is -2.57. The van der Waals surface area contributed by atoms with Gasteiger partial charge in [-0.25, -0.2) is 0 Å². The first-order valence-corrected chi connectivity index (χ1v) is 7.01. The fraction of sp³-hybridized carbons (Fsp3) is 0.571. The maximum atomic E-state index is 9.77. The van der Waals surface area contributed by atoms with Crippen molar-refractivity contribution in [2.75, 3.05) is 33.0 Å². The summed E-state index contributed by atoms with van der Waals surface area (Å²) in [7, 11) is 0. The Morgan fingerprint density at radius 2 is 1.67 bits per heavy atom. The summed E-state index contributed by atoms with van der Waals surface area (Å²) in [5, 5.41) is 40.5. The highest BCUT2D eigenvalue weighted by Crippen LogP contribution is 2.10. The van der Waals surface area contributed by atoms with Crippen molar-refractivity contribution in [1.82, 2.24) is 5.32 Å². The van der Waals surface area contributed by atoms with E-state index in [2.05, 4.69) is 5.32 Å². The van der Waals surface area contributed by atoms with Gasteiger partial charge in [-0.15, -0.1) is 0 Å². The lowest BCUT2D eigenvalue weighted by molar-refractivity contribution is 0.00436. The Morgan fingerprint density at radius 3 is 2.19 bits per heavy atom. The zero-order valence-electron chi connectivity index (χ0n) is 11.7. The van der Waals surface area contributed by atoms with E-state index in [-0.39, 0.29) is 13.2 Å². The van der Waals surface area contributed by atoms with Gasteiger partial charge in [0, 0.05) is 11.6 Å². The van der Waals surface area contributed by atoms with E-state index in [1.165, 1.54) is 0 Å². The molecule has 1 unspecified atom stereocenters. The monoisotopic (exact) mass is 319 g/mol. The van der Waals surface area contributed by atoms with Crippen LogP contribution in [0.25, 0.3) is 0 Å². The van der Waals surface area contributed by atoms with E-state index in [1.54, 1.807) is 12.1 Å². The van der Waals surface area contributed by atoms with Gasteiger partial charge in [0.05, 0.1) is 44.7 Å². The normalized spacial score (nSPS) is 13.4. The summed E-state index contributed by atoms with van der Waals surface area (Å²) in [4.78, 5) is 0. The van der Waals surface area contributed by atoms with Crippen LogP contribution in [-0.2, 0) is 11.3 Å². The van der Waals surface area contributed by atoms with E-state index in [9.17, 15) is 5.11 Å². The average molecular weight is 320 g/mol. The van der Waals surface area contributed by atoms with Crippen LogP contribution in [0.4, 0.5) is 0 Å². The first-order chi connectivity index (χ1) is 10.0. The molecule has 0 spiro atoms. The number of halogens is 1. The van der Waals surface area contributed by atoms with Crippen LogP contribution in [0.1, 0.15) is 5.56 Å². The Bertz CT molecular complexity index is 389. The number of nitrogens with one attached hydrogen (secondary N) is 1. The molecule has 120 valence electrons. The number of rotatable bonds is 10. The average Bonchev–Trinajstić information content (AvgIpc) is 2.51. The quantitative estimate of drug-likeness (QED) is 0.399. The Kier molecular flexibility index (Phi) is 8.13. The van der Waals surface area contributed by atoms with Gasteiger partial charge in [0.15, 0.2) is 0 Å². The molecule has 0 radical (unpaired) electrons. The van der Waals surface area contributed by atoms with Gasteiger partial charge in [-0.1, -0.05) is 23.7 Å². The molecule has 0 heterocycles. The summed E-state index contributed by atoms with van der Waals surface area (Å²) in [5.41, 5.74) is -0.257. The van der Waals surface area contributed by atoms with E-state index in [4.69, 9.17) is 31.7 Å². The van der Waals surface area contributed by atoms with Crippen molar-refractivity contribution in [3.8, 4) is 0 Å². The third-order valence-electron chi connectivity index (χ3n) is 3.11. The van der Waals surface area contributed by atoms with Gasteiger partial charge in [-0.3, -0.25) is 0 Å². The van der Waals surface area contributed by atoms with Crippen LogP contribution in [0.3, 0.4) is 0 Å². The molecule has 0 aliphatic rings. The van der Waals surface area contributed by atoms with E-state index < -0.39 is 31.5 Å². The summed E-state index contributed by atoms with van der Waals surface area (Å²) >= 11 is 5.77. The molecule has 1 rings (SSSR count). The molecule has 21 heavy (non-hydrogen) atoms. The fourth-order valence-electron chi connectivity index (χ4n) is 1.60. The SMILES string of the molecule is OCC(CO)(CO)NCC(O)COCc1ccc(Cl)cc1. The molecule has 0 amide bonds. The molecular weight excluding hydrogens is 298 g/mol. The van der Waals surface area contributed by atoms with Crippen LogP contribution in [0.15, 0.2) is 24.3 Å². The summed E-state index contributed by atoms with van der Waals surface area (Å²) < 4.78 is 5.37. The summed E-state index contributed by atoms with van der Waals surface area (Å²) in [6.07, 6.45) is -0.818. The van der Waals surface area contributed by atoms with E-state index in [0.717, 1.165) is 5.56 Å². The van der Waals surface area contributed by atoms with Gasteiger partial charge in [0.2, 0.25) is 0 Å². The Hall–Kier alpha value is -0.730. The molecule has 5 N–H and O–H groups in total. The highest BCUT2D eigenvalue weighted by molar-refractivity contribution is 6.30. The first kappa shape index (κ1) is 18.3. The maximum Gasteiger partial charge on any atom is 0.0898 e. The highest BCUT2D eigenvalue weighted by atomic mass is 35.5. The number of β-amino-alcohol motifs (C(OH)–C–C–N with tert-alkyl or cyclic N) is 1. The minimum atomic E-state index is -1.20. The highest BCUT2D eigenvalue weighted by Gasteiger charge is 2.27. The lowest BCUT2D eigenvalue weighted by atomic mass is 10.0. The number of aliphatic hydroxyl groups excluding tert-OH is 4. The number of benzene rings is 1. The van der Waals surface area contributed by atoms with Gasteiger partial charge >= 0.3 is 0 Å². The molecule has 0 aromatic heterocycles. The predicted octanol–water partition coefficient (Wildman–Crippen LogP) is -0.477. The van der Waals surface area contributed by atoms with Gasteiger partial charge < -0.3 is 30.5 Å². The third kappa shape index (κ3) is 6.27. The van der Waals surface area contributed by atoms with Crippen molar-refractivity contribution in [3.05, 3.63) is 34.9 Å². The van der Waals surface area contributed by atoms with Crippen molar-refractivity contribution in [2.45, 2.75) is 18.2 Å². The van der Waals surface area contributed by atoms with E-state index in [0.29, 0.717) is 11.6 Å². The molecule has 0 saturated carbocycles. The Morgan fingerprint density at radius 1 is 1.10 bits per heavy atom. The van der Waals surface area contributed by atoms with E-state index in [1.807, 2.05) is 12.1 Å². The van der Waals surface area contributed by atoms with Gasteiger partial charge in [-0.05, 0) is 17.7 Å². The zero-order chi connectivity index (χ0) is 15.7. The molecule has 0 aliphatic carbocycles. The molecule has 7 heteroatoms. The molecule has 1 aromatic rings. The summed E-state index contributed by atoms with van der Waals surface area (Å²) in [5.74, 6) is 0. The predicted molar refractivity (Wildman–Crippen MR) is 79.1 cm³/mol. The Labute approximate surface area is 128 Å². The minimum absolute atomic E-state index is 0.0856. The molecule has 0 aliphatic heterocycles. The standard InChI is InChI=1S/C14H22ClNO5/c15-12-3-1-11(2-4-12)6-21-7-13(20)5-16-14(8-17,9-18)10-19/h1-4,13,16-20H,5-10H2. The minimum Gasteiger partial charge on any atom is -0.394 e. The number of hydrogen-bond acceptors (Lipinski definition) is 6. The van der Waals surface area contributed by atoms with Crippen LogP contribution in [0, 0.1) is 0 Å². The van der Waals surface area contributed by atoms with Gasteiger partial charge in [-0.2, -0.15) is 0 Å². The molecule has 0 fully saturated rings. The van der Waals surface area contributed by atoms with Gasteiger partial charge in [0.1, 0.15) is 0 Å². The van der Waals surface area contributed by atoms with E-state index >= 15 is 0 Å². The number of hydrogen-bond donors (Lipinski definition) is 5. The molecule has 1 atom stereocenters. The Balaban J connectivity index is 2.27. The van der Waals surface area contributed by atoms with Crippen LogP contribution in [0.5, 0.6) is 0 Å². The zero-order valence-corrected chi connectivity index (χ0v) is 12.5. The van der Waals surface area contributed by atoms with Crippen molar-refractivity contribution in [1.29, 1.82) is 0 Å². The molecule has 0 bridgehead atoms.